The number of hydrogen-bond donors (Lipinski definition) is 3. The highest BCUT2D eigenvalue weighted by Gasteiger charge is 2.18. The number of halogens is 1. The summed E-state index contributed by atoms with van der Waals surface area (Å²) in [6.45, 7) is 5.84. The summed E-state index contributed by atoms with van der Waals surface area (Å²) in [7, 11) is 0. The van der Waals surface area contributed by atoms with Gasteiger partial charge in [0.2, 0.25) is 5.91 Å². The summed E-state index contributed by atoms with van der Waals surface area (Å²) in [5, 5.41) is 6.40. The van der Waals surface area contributed by atoms with Crippen LogP contribution in [0.1, 0.15) is 40.0 Å². The predicted molar refractivity (Wildman–Crippen MR) is 141 cm³/mol. The third-order valence-corrected chi connectivity index (χ3v) is 5.53. The maximum absolute atomic E-state index is 13.5. The molecule has 0 aliphatic carbocycles. The molecule has 0 saturated heterocycles. The van der Waals surface area contributed by atoms with E-state index in [0.29, 0.717) is 37.3 Å². The number of ether oxygens (including phenoxy) is 1. The molecule has 4 aromatic rings. The number of pyridine rings is 2. The molecule has 0 saturated carbocycles. The molecule has 0 atom stereocenters. The van der Waals surface area contributed by atoms with Crippen LogP contribution in [0.25, 0.3) is 33.4 Å². The van der Waals surface area contributed by atoms with E-state index in [9.17, 15) is 14.0 Å². The second-order valence-electron chi connectivity index (χ2n) is 9.64. The van der Waals surface area contributed by atoms with Gasteiger partial charge in [-0.15, -0.1) is 0 Å². The van der Waals surface area contributed by atoms with Crippen molar-refractivity contribution in [3.63, 3.8) is 0 Å². The second-order valence-corrected chi connectivity index (χ2v) is 9.64. The quantitative estimate of drug-likeness (QED) is 0.253. The van der Waals surface area contributed by atoms with Crippen LogP contribution >= 0.6 is 0 Å². The Labute approximate surface area is 214 Å². The maximum Gasteiger partial charge on any atom is 0.407 e. The Kier molecular flexibility index (Phi) is 7.81. The maximum atomic E-state index is 13.5. The summed E-state index contributed by atoms with van der Waals surface area (Å²) in [6, 6.07) is 13.7. The number of carbonyl (C=O) groups is 2. The fraction of sp³-hybridized carbons (Fsp3) is 0.286. The molecule has 4 rings (SSSR count). The van der Waals surface area contributed by atoms with Crippen LogP contribution in [0.3, 0.4) is 0 Å². The minimum atomic E-state index is -0.546. The normalized spacial score (nSPS) is 11.4. The van der Waals surface area contributed by atoms with Gasteiger partial charge < -0.3 is 20.4 Å². The highest BCUT2D eigenvalue weighted by Crippen LogP contribution is 2.38. The Balaban J connectivity index is 1.43. The van der Waals surface area contributed by atoms with Crippen LogP contribution in [-0.2, 0) is 9.53 Å². The fourth-order valence-electron chi connectivity index (χ4n) is 3.91. The van der Waals surface area contributed by atoms with Crippen LogP contribution in [0.2, 0.25) is 0 Å². The summed E-state index contributed by atoms with van der Waals surface area (Å²) >= 11 is 0. The Morgan fingerprint density at radius 1 is 0.973 bits per heavy atom. The molecule has 9 heteroatoms. The molecule has 1 aromatic carbocycles. The van der Waals surface area contributed by atoms with E-state index in [-0.39, 0.29) is 11.7 Å². The standard InChI is InChI=1S/C28H30FN5O3/c1-28(2,3)37-27(36)31-15-5-4-6-23(35)32-22-12-11-21-24(18-13-16-30-17-14-18)25(34-26(21)33-22)19-7-9-20(29)10-8-19/h7-14,16-17H,4-6,15H2,1-3H3,(H,31,36)(H2,32,33,34,35). The minimum absolute atomic E-state index is 0.163. The summed E-state index contributed by atoms with van der Waals surface area (Å²) < 4.78 is 18.7. The molecule has 192 valence electrons. The van der Waals surface area contributed by atoms with Crippen LogP contribution in [0.15, 0.2) is 60.9 Å². The molecule has 0 unspecified atom stereocenters. The van der Waals surface area contributed by atoms with Gasteiger partial charge in [0.05, 0.1) is 5.69 Å². The fourth-order valence-corrected chi connectivity index (χ4v) is 3.91. The van der Waals surface area contributed by atoms with Gasteiger partial charge in [0.25, 0.3) is 0 Å². The number of anilines is 1. The zero-order valence-electron chi connectivity index (χ0n) is 21.1. The molecule has 2 amide bonds. The van der Waals surface area contributed by atoms with Crippen molar-refractivity contribution in [1.82, 2.24) is 20.3 Å². The van der Waals surface area contributed by atoms with E-state index in [2.05, 4.69) is 25.6 Å². The van der Waals surface area contributed by atoms with E-state index in [4.69, 9.17) is 4.74 Å². The van der Waals surface area contributed by atoms with Crippen LogP contribution in [-0.4, -0.2) is 39.1 Å². The summed E-state index contributed by atoms with van der Waals surface area (Å²) in [5.41, 5.74) is 3.54. The summed E-state index contributed by atoms with van der Waals surface area (Å²) in [4.78, 5) is 36.2. The van der Waals surface area contributed by atoms with Crippen LogP contribution in [0, 0.1) is 5.82 Å². The SMILES string of the molecule is CC(C)(C)OC(=O)NCCCCC(=O)Nc1ccc2c(-c3ccncc3)c(-c3ccc(F)cc3)[nH]c2n1. The third kappa shape index (κ3) is 6.91. The van der Waals surface area contributed by atoms with Gasteiger partial charge in [-0.2, -0.15) is 0 Å². The summed E-state index contributed by atoms with van der Waals surface area (Å²) in [6.07, 6.45) is 4.51. The molecule has 8 nitrogen and oxygen atoms in total. The van der Waals surface area contributed by atoms with Crippen molar-refractivity contribution < 1.29 is 18.7 Å². The monoisotopic (exact) mass is 503 g/mol. The molecule has 0 aliphatic rings. The minimum Gasteiger partial charge on any atom is -0.444 e. The first kappa shape index (κ1) is 25.8. The van der Waals surface area contributed by atoms with Crippen molar-refractivity contribution in [2.45, 2.75) is 45.6 Å². The Morgan fingerprint density at radius 2 is 1.70 bits per heavy atom. The van der Waals surface area contributed by atoms with Crippen LogP contribution in [0.4, 0.5) is 15.0 Å². The molecular weight excluding hydrogens is 473 g/mol. The molecule has 3 heterocycles. The number of carbonyl (C=O) groups excluding carboxylic acids is 2. The number of nitrogens with one attached hydrogen (secondary N) is 3. The van der Waals surface area contributed by atoms with Crippen molar-refractivity contribution in [1.29, 1.82) is 0 Å². The number of aromatic amines is 1. The van der Waals surface area contributed by atoms with Gasteiger partial charge in [-0.25, -0.2) is 14.2 Å². The highest BCUT2D eigenvalue weighted by molar-refractivity contribution is 6.03. The number of H-pyrrole nitrogens is 1. The number of hydrogen-bond acceptors (Lipinski definition) is 5. The topological polar surface area (TPSA) is 109 Å². The van der Waals surface area contributed by atoms with E-state index in [1.165, 1.54) is 12.1 Å². The molecule has 0 bridgehead atoms. The number of aromatic nitrogens is 3. The van der Waals surface area contributed by atoms with Crippen molar-refractivity contribution in [2.75, 3.05) is 11.9 Å². The molecule has 0 radical (unpaired) electrons. The Bertz CT molecular complexity index is 1380. The zero-order valence-corrected chi connectivity index (χ0v) is 21.1. The molecule has 37 heavy (non-hydrogen) atoms. The van der Waals surface area contributed by atoms with Crippen LogP contribution in [0.5, 0.6) is 0 Å². The van der Waals surface area contributed by atoms with Gasteiger partial charge in [0.1, 0.15) is 22.9 Å². The van der Waals surface area contributed by atoms with Gasteiger partial charge in [0.15, 0.2) is 0 Å². The summed E-state index contributed by atoms with van der Waals surface area (Å²) in [5.74, 6) is -0.0459. The lowest BCUT2D eigenvalue weighted by molar-refractivity contribution is -0.116. The molecule has 3 N–H and O–H groups in total. The lowest BCUT2D eigenvalue weighted by Crippen LogP contribution is -2.33. The van der Waals surface area contributed by atoms with Gasteiger partial charge in [-0.3, -0.25) is 9.78 Å². The van der Waals surface area contributed by atoms with E-state index in [1.54, 1.807) is 51.4 Å². The first-order chi connectivity index (χ1) is 17.7. The average molecular weight is 504 g/mol. The molecular formula is C28H30FN5O3. The van der Waals surface area contributed by atoms with E-state index < -0.39 is 11.7 Å². The number of amides is 2. The lowest BCUT2D eigenvalue weighted by atomic mass is 10.00. The number of rotatable bonds is 8. The average Bonchev–Trinajstić information content (AvgIpc) is 3.22. The van der Waals surface area contributed by atoms with Gasteiger partial charge in [-0.1, -0.05) is 0 Å². The number of nitrogens with zero attached hydrogens (tertiary/aromatic N) is 2. The molecule has 0 fully saturated rings. The highest BCUT2D eigenvalue weighted by atomic mass is 19.1. The number of benzene rings is 1. The van der Waals surface area contributed by atoms with E-state index in [1.807, 2.05) is 18.2 Å². The molecule has 0 aliphatic heterocycles. The largest absolute Gasteiger partial charge is 0.444 e. The molecule has 0 spiro atoms. The van der Waals surface area contributed by atoms with Crippen molar-refractivity contribution in [3.8, 4) is 22.4 Å². The van der Waals surface area contributed by atoms with Gasteiger partial charge in [0, 0.05) is 36.3 Å². The van der Waals surface area contributed by atoms with Crippen LogP contribution < -0.4 is 10.6 Å². The first-order valence-corrected chi connectivity index (χ1v) is 12.2. The van der Waals surface area contributed by atoms with Gasteiger partial charge >= 0.3 is 6.09 Å². The second kappa shape index (κ2) is 11.2. The van der Waals surface area contributed by atoms with E-state index in [0.717, 1.165) is 27.8 Å². The van der Waals surface area contributed by atoms with Crippen molar-refractivity contribution in [2.24, 2.45) is 0 Å². The zero-order chi connectivity index (χ0) is 26.4. The first-order valence-electron chi connectivity index (χ1n) is 12.2. The molecule has 3 aromatic heterocycles. The lowest BCUT2D eigenvalue weighted by Gasteiger charge is -2.19. The third-order valence-electron chi connectivity index (χ3n) is 5.53. The Hall–Kier alpha value is -4.27. The van der Waals surface area contributed by atoms with E-state index >= 15 is 0 Å². The predicted octanol–water partition coefficient (Wildman–Crippen LogP) is 6.06. The van der Waals surface area contributed by atoms with Crippen molar-refractivity contribution in [3.05, 3.63) is 66.7 Å². The number of unbranched alkanes of at least 4 members (excludes halogenated alkanes) is 1. The van der Waals surface area contributed by atoms with Crippen molar-refractivity contribution >= 4 is 28.9 Å². The van der Waals surface area contributed by atoms with Gasteiger partial charge in [-0.05, 0) is 93.3 Å². The Morgan fingerprint density at radius 3 is 2.41 bits per heavy atom. The smallest absolute Gasteiger partial charge is 0.407 e. The number of alkyl carbamates (subject to hydrolysis) is 1. The number of fused-ring (bicyclic) bond motifs is 1.